The van der Waals surface area contributed by atoms with E-state index in [4.69, 9.17) is 5.73 Å². The molecule has 1 fully saturated rings. The first-order chi connectivity index (χ1) is 8.02. The molecule has 0 aliphatic heterocycles. The SMILES string of the molecule is CCC(NC(=O)CC1CCC(N)CC1)C(C)C. The third kappa shape index (κ3) is 5.07. The highest BCUT2D eigenvalue weighted by Gasteiger charge is 2.22. The lowest BCUT2D eigenvalue weighted by Crippen LogP contribution is -2.39. The molecule has 3 nitrogen and oxygen atoms in total. The highest BCUT2D eigenvalue weighted by molar-refractivity contribution is 5.76. The Morgan fingerprint density at radius 3 is 2.35 bits per heavy atom. The van der Waals surface area contributed by atoms with Crippen molar-refractivity contribution >= 4 is 5.91 Å². The zero-order valence-corrected chi connectivity index (χ0v) is 11.5. The lowest BCUT2D eigenvalue weighted by atomic mass is 9.84. The fourth-order valence-corrected chi connectivity index (χ4v) is 2.66. The molecule has 1 atom stereocenters. The minimum Gasteiger partial charge on any atom is -0.353 e. The molecule has 1 saturated carbocycles. The number of carbonyl (C=O) groups is 1. The van der Waals surface area contributed by atoms with E-state index in [1.54, 1.807) is 0 Å². The molecule has 0 spiro atoms. The Balaban J connectivity index is 2.29. The summed E-state index contributed by atoms with van der Waals surface area (Å²) in [5, 5.41) is 3.15. The Bertz CT molecular complexity index is 232. The third-order valence-corrected chi connectivity index (χ3v) is 3.96. The van der Waals surface area contributed by atoms with Crippen LogP contribution in [0.3, 0.4) is 0 Å². The summed E-state index contributed by atoms with van der Waals surface area (Å²) in [6, 6.07) is 0.696. The van der Waals surface area contributed by atoms with Crippen LogP contribution in [0.25, 0.3) is 0 Å². The normalized spacial score (nSPS) is 26.9. The summed E-state index contributed by atoms with van der Waals surface area (Å²) in [6.07, 6.45) is 6.10. The predicted molar refractivity (Wildman–Crippen MR) is 71.6 cm³/mol. The molecule has 100 valence electrons. The van der Waals surface area contributed by atoms with E-state index in [1.165, 1.54) is 0 Å². The Hall–Kier alpha value is -0.570. The molecule has 1 rings (SSSR count). The predicted octanol–water partition coefficient (Wildman–Crippen LogP) is 2.44. The third-order valence-electron chi connectivity index (χ3n) is 3.96. The summed E-state index contributed by atoms with van der Waals surface area (Å²) < 4.78 is 0. The molecule has 3 heteroatoms. The lowest BCUT2D eigenvalue weighted by molar-refractivity contribution is -0.123. The van der Waals surface area contributed by atoms with Crippen molar-refractivity contribution in [1.29, 1.82) is 0 Å². The first-order valence-corrected chi connectivity index (χ1v) is 7.07. The number of hydrogen-bond acceptors (Lipinski definition) is 2. The van der Waals surface area contributed by atoms with Crippen LogP contribution in [0.5, 0.6) is 0 Å². The standard InChI is InChI=1S/C14H28N2O/c1-4-13(10(2)3)16-14(17)9-11-5-7-12(15)8-6-11/h10-13H,4-9,15H2,1-3H3,(H,16,17). The van der Waals surface area contributed by atoms with Gasteiger partial charge in [-0.3, -0.25) is 4.79 Å². The van der Waals surface area contributed by atoms with Crippen molar-refractivity contribution in [3.05, 3.63) is 0 Å². The summed E-state index contributed by atoms with van der Waals surface area (Å²) >= 11 is 0. The molecule has 1 unspecified atom stereocenters. The monoisotopic (exact) mass is 240 g/mol. The molecule has 1 amide bonds. The summed E-state index contributed by atoms with van der Waals surface area (Å²) in [7, 11) is 0. The van der Waals surface area contributed by atoms with Crippen LogP contribution in [0.4, 0.5) is 0 Å². The zero-order valence-electron chi connectivity index (χ0n) is 11.5. The summed E-state index contributed by atoms with van der Waals surface area (Å²) in [5.74, 6) is 1.30. The van der Waals surface area contributed by atoms with Gasteiger partial charge in [0.2, 0.25) is 5.91 Å². The van der Waals surface area contributed by atoms with Gasteiger partial charge in [-0.15, -0.1) is 0 Å². The summed E-state index contributed by atoms with van der Waals surface area (Å²) in [5.41, 5.74) is 5.87. The molecule has 0 heterocycles. The number of hydrogen-bond donors (Lipinski definition) is 2. The van der Waals surface area contributed by atoms with Crippen molar-refractivity contribution in [3.8, 4) is 0 Å². The number of nitrogens with two attached hydrogens (primary N) is 1. The Morgan fingerprint density at radius 2 is 1.88 bits per heavy atom. The molecule has 0 radical (unpaired) electrons. The molecule has 1 aliphatic rings. The van der Waals surface area contributed by atoms with Crippen LogP contribution in [0.1, 0.15) is 59.3 Å². The van der Waals surface area contributed by atoms with Crippen LogP contribution in [-0.2, 0) is 4.79 Å². The van der Waals surface area contributed by atoms with Crippen LogP contribution >= 0.6 is 0 Å². The highest BCUT2D eigenvalue weighted by atomic mass is 16.1. The van der Waals surface area contributed by atoms with Crippen molar-refractivity contribution in [2.75, 3.05) is 0 Å². The number of carbonyl (C=O) groups excluding carboxylic acids is 1. The van der Waals surface area contributed by atoms with E-state index in [0.29, 0.717) is 30.3 Å². The smallest absolute Gasteiger partial charge is 0.220 e. The maximum absolute atomic E-state index is 11.9. The fraction of sp³-hybridized carbons (Fsp3) is 0.929. The van der Waals surface area contributed by atoms with Crippen molar-refractivity contribution < 1.29 is 4.79 Å². The van der Waals surface area contributed by atoms with Gasteiger partial charge in [0.15, 0.2) is 0 Å². The van der Waals surface area contributed by atoms with Crippen LogP contribution in [0, 0.1) is 11.8 Å². The molecule has 17 heavy (non-hydrogen) atoms. The average Bonchev–Trinajstić information content (AvgIpc) is 2.28. The highest BCUT2D eigenvalue weighted by Crippen LogP contribution is 2.25. The largest absolute Gasteiger partial charge is 0.353 e. The van der Waals surface area contributed by atoms with Gasteiger partial charge in [0.25, 0.3) is 0 Å². The quantitative estimate of drug-likeness (QED) is 0.775. The van der Waals surface area contributed by atoms with Gasteiger partial charge in [-0.05, 0) is 43.9 Å². The van der Waals surface area contributed by atoms with Gasteiger partial charge in [0, 0.05) is 18.5 Å². The molecule has 0 aromatic rings. The van der Waals surface area contributed by atoms with Crippen molar-refractivity contribution in [2.45, 2.75) is 71.4 Å². The van der Waals surface area contributed by atoms with Gasteiger partial charge >= 0.3 is 0 Å². The number of nitrogens with one attached hydrogen (secondary N) is 1. The molecule has 3 N–H and O–H groups in total. The van der Waals surface area contributed by atoms with Crippen LogP contribution in [-0.4, -0.2) is 18.0 Å². The van der Waals surface area contributed by atoms with Crippen molar-refractivity contribution in [2.24, 2.45) is 17.6 Å². The van der Waals surface area contributed by atoms with E-state index < -0.39 is 0 Å². The van der Waals surface area contributed by atoms with E-state index in [2.05, 4.69) is 26.1 Å². The molecule has 0 saturated heterocycles. The second-order valence-corrected chi connectivity index (χ2v) is 5.81. The second kappa shape index (κ2) is 7.00. The molecule has 0 bridgehead atoms. The molecular weight excluding hydrogens is 212 g/mol. The van der Waals surface area contributed by atoms with E-state index >= 15 is 0 Å². The zero-order chi connectivity index (χ0) is 12.8. The van der Waals surface area contributed by atoms with E-state index in [-0.39, 0.29) is 5.91 Å². The Morgan fingerprint density at radius 1 is 1.29 bits per heavy atom. The first-order valence-electron chi connectivity index (χ1n) is 7.07. The lowest BCUT2D eigenvalue weighted by Gasteiger charge is -2.27. The number of amides is 1. The Labute approximate surface area is 106 Å². The van der Waals surface area contributed by atoms with Gasteiger partial charge < -0.3 is 11.1 Å². The average molecular weight is 240 g/mol. The van der Waals surface area contributed by atoms with E-state index in [0.717, 1.165) is 32.1 Å². The minimum atomic E-state index is 0.228. The van der Waals surface area contributed by atoms with Gasteiger partial charge in [0.05, 0.1) is 0 Å². The topological polar surface area (TPSA) is 55.1 Å². The Kier molecular flexibility index (Phi) is 5.96. The maximum atomic E-state index is 11.9. The summed E-state index contributed by atoms with van der Waals surface area (Å²) in [6.45, 7) is 6.45. The van der Waals surface area contributed by atoms with Gasteiger partial charge in [0.1, 0.15) is 0 Å². The van der Waals surface area contributed by atoms with E-state index in [1.807, 2.05) is 0 Å². The minimum absolute atomic E-state index is 0.228. The van der Waals surface area contributed by atoms with Gasteiger partial charge in [-0.2, -0.15) is 0 Å². The molecule has 0 aromatic carbocycles. The van der Waals surface area contributed by atoms with Crippen LogP contribution in [0.2, 0.25) is 0 Å². The molecular formula is C14H28N2O. The molecule has 1 aliphatic carbocycles. The van der Waals surface area contributed by atoms with Gasteiger partial charge in [-0.25, -0.2) is 0 Å². The summed E-state index contributed by atoms with van der Waals surface area (Å²) in [4.78, 5) is 11.9. The van der Waals surface area contributed by atoms with Crippen LogP contribution < -0.4 is 11.1 Å². The first kappa shape index (κ1) is 14.5. The van der Waals surface area contributed by atoms with E-state index in [9.17, 15) is 4.79 Å². The van der Waals surface area contributed by atoms with Crippen molar-refractivity contribution in [1.82, 2.24) is 5.32 Å². The number of rotatable bonds is 5. The van der Waals surface area contributed by atoms with Gasteiger partial charge in [-0.1, -0.05) is 20.8 Å². The second-order valence-electron chi connectivity index (χ2n) is 5.81. The fourth-order valence-electron chi connectivity index (χ4n) is 2.66. The van der Waals surface area contributed by atoms with Crippen molar-refractivity contribution in [3.63, 3.8) is 0 Å². The maximum Gasteiger partial charge on any atom is 0.220 e. The van der Waals surface area contributed by atoms with Crippen LogP contribution in [0.15, 0.2) is 0 Å². The molecule has 0 aromatic heterocycles.